The highest BCUT2D eigenvalue weighted by Crippen LogP contribution is 2.34. The summed E-state index contributed by atoms with van der Waals surface area (Å²) in [7, 11) is 0. The summed E-state index contributed by atoms with van der Waals surface area (Å²) in [6.45, 7) is 3.91. The highest BCUT2D eigenvalue weighted by Gasteiger charge is 2.30. The largest absolute Gasteiger partial charge is 0.482 e. The van der Waals surface area contributed by atoms with E-state index >= 15 is 0 Å². The van der Waals surface area contributed by atoms with E-state index in [2.05, 4.69) is 15.9 Å². The SMILES string of the molecule is Cc1cccc(C(=O)N2CCCN(C(=O)CN3C(=O)COc4cc(Br)ccc43)CC2)c1. The summed E-state index contributed by atoms with van der Waals surface area (Å²) in [6.07, 6.45) is 0.698. The van der Waals surface area contributed by atoms with E-state index < -0.39 is 0 Å². The highest BCUT2D eigenvalue weighted by molar-refractivity contribution is 9.10. The summed E-state index contributed by atoms with van der Waals surface area (Å²) < 4.78 is 6.34. The third-order valence-corrected chi connectivity index (χ3v) is 6.05. The molecule has 2 aromatic carbocycles. The Morgan fingerprint density at radius 2 is 1.81 bits per heavy atom. The van der Waals surface area contributed by atoms with Crippen molar-refractivity contribution in [1.29, 1.82) is 0 Å². The molecule has 0 saturated carbocycles. The number of nitrogens with zero attached hydrogens (tertiary/aromatic N) is 3. The molecule has 162 valence electrons. The van der Waals surface area contributed by atoms with E-state index in [-0.39, 0.29) is 30.9 Å². The average molecular weight is 486 g/mol. The number of hydrogen-bond acceptors (Lipinski definition) is 4. The van der Waals surface area contributed by atoms with Crippen molar-refractivity contribution in [2.45, 2.75) is 13.3 Å². The van der Waals surface area contributed by atoms with Crippen LogP contribution in [0.5, 0.6) is 5.75 Å². The maximum Gasteiger partial charge on any atom is 0.265 e. The molecule has 0 aromatic heterocycles. The summed E-state index contributed by atoms with van der Waals surface area (Å²) in [4.78, 5) is 43.3. The lowest BCUT2D eigenvalue weighted by molar-refractivity contribution is -0.131. The predicted octanol–water partition coefficient (Wildman–Crippen LogP) is 2.86. The molecule has 2 heterocycles. The zero-order valence-corrected chi connectivity index (χ0v) is 18.9. The van der Waals surface area contributed by atoms with Crippen LogP contribution in [0.3, 0.4) is 0 Å². The molecular weight excluding hydrogens is 462 g/mol. The van der Waals surface area contributed by atoms with Gasteiger partial charge in [0.2, 0.25) is 5.91 Å². The van der Waals surface area contributed by atoms with E-state index in [1.807, 2.05) is 37.3 Å². The zero-order chi connectivity index (χ0) is 22.0. The molecule has 31 heavy (non-hydrogen) atoms. The number of benzene rings is 2. The second kappa shape index (κ2) is 9.09. The van der Waals surface area contributed by atoms with E-state index in [9.17, 15) is 14.4 Å². The maximum atomic E-state index is 13.0. The molecule has 1 saturated heterocycles. The Morgan fingerprint density at radius 1 is 1.03 bits per heavy atom. The van der Waals surface area contributed by atoms with Crippen LogP contribution in [0.25, 0.3) is 0 Å². The molecule has 0 unspecified atom stereocenters. The summed E-state index contributed by atoms with van der Waals surface area (Å²) in [5.74, 6) is 0.191. The molecule has 8 heteroatoms. The molecular formula is C23H24BrN3O4. The van der Waals surface area contributed by atoms with Gasteiger partial charge in [-0.1, -0.05) is 33.6 Å². The number of halogens is 1. The summed E-state index contributed by atoms with van der Waals surface area (Å²) in [6, 6.07) is 12.9. The van der Waals surface area contributed by atoms with Gasteiger partial charge in [-0.15, -0.1) is 0 Å². The maximum absolute atomic E-state index is 13.0. The van der Waals surface area contributed by atoms with Gasteiger partial charge < -0.3 is 14.5 Å². The van der Waals surface area contributed by atoms with Crippen LogP contribution in [0.2, 0.25) is 0 Å². The number of hydrogen-bond donors (Lipinski definition) is 0. The number of ether oxygens (including phenoxy) is 1. The molecule has 0 radical (unpaired) electrons. The first-order chi connectivity index (χ1) is 14.9. The fourth-order valence-electron chi connectivity index (χ4n) is 3.92. The number of aryl methyl sites for hydroxylation is 1. The first kappa shape index (κ1) is 21.4. The van der Waals surface area contributed by atoms with Crippen LogP contribution in [0.4, 0.5) is 5.69 Å². The second-order valence-electron chi connectivity index (χ2n) is 7.78. The Morgan fingerprint density at radius 3 is 2.61 bits per heavy atom. The minimum absolute atomic E-state index is 0.0131. The number of fused-ring (bicyclic) bond motifs is 1. The molecule has 0 aliphatic carbocycles. The molecule has 1 fully saturated rings. The average Bonchev–Trinajstić information content (AvgIpc) is 3.01. The predicted molar refractivity (Wildman–Crippen MR) is 120 cm³/mol. The van der Waals surface area contributed by atoms with Gasteiger partial charge in [-0.05, 0) is 43.7 Å². The van der Waals surface area contributed by atoms with Crippen LogP contribution >= 0.6 is 15.9 Å². The van der Waals surface area contributed by atoms with E-state index in [4.69, 9.17) is 4.74 Å². The molecule has 0 N–H and O–H groups in total. The monoisotopic (exact) mass is 485 g/mol. The van der Waals surface area contributed by atoms with E-state index in [0.29, 0.717) is 49.6 Å². The van der Waals surface area contributed by atoms with Gasteiger partial charge in [0.25, 0.3) is 11.8 Å². The molecule has 0 bridgehead atoms. The van der Waals surface area contributed by atoms with Crippen LogP contribution in [-0.2, 0) is 9.59 Å². The van der Waals surface area contributed by atoms with Crippen molar-refractivity contribution in [2.75, 3.05) is 44.2 Å². The first-order valence-corrected chi connectivity index (χ1v) is 11.1. The second-order valence-corrected chi connectivity index (χ2v) is 8.69. The quantitative estimate of drug-likeness (QED) is 0.669. The van der Waals surface area contributed by atoms with Crippen molar-refractivity contribution in [1.82, 2.24) is 9.80 Å². The lowest BCUT2D eigenvalue weighted by Gasteiger charge is -2.31. The van der Waals surface area contributed by atoms with Gasteiger partial charge in [0.1, 0.15) is 12.3 Å². The summed E-state index contributed by atoms with van der Waals surface area (Å²) >= 11 is 3.39. The van der Waals surface area contributed by atoms with Crippen LogP contribution in [0.1, 0.15) is 22.3 Å². The lowest BCUT2D eigenvalue weighted by atomic mass is 10.1. The fraction of sp³-hybridized carbons (Fsp3) is 0.348. The van der Waals surface area contributed by atoms with Crippen molar-refractivity contribution in [3.63, 3.8) is 0 Å². The number of carbonyl (C=O) groups is 3. The third-order valence-electron chi connectivity index (χ3n) is 5.56. The molecule has 3 amide bonds. The van der Waals surface area contributed by atoms with Crippen molar-refractivity contribution in [3.05, 3.63) is 58.1 Å². The fourth-order valence-corrected chi connectivity index (χ4v) is 4.26. The van der Waals surface area contributed by atoms with Gasteiger partial charge in [0.15, 0.2) is 6.61 Å². The molecule has 2 aliphatic rings. The van der Waals surface area contributed by atoms with Gasteiger partial charge in [-0.2, -0.15) is 0 Å². The van der Waals surface area contributed by atoms with E-state index in [1.54, 1.807) is 21.9 Å². The van der Waals surface area contributed by atoms with Crippen LogP contribution in [0, 0.1) is 6.92 Å². The van der Waals surface area contributed by atoms with Gasteiger partial charge in [-0.25, -0.2) is 0 Å². The zero-order valence-electron chi connectivity index (χ0n) is 17.3. The van der Waals surface area contributed by atoms with Crippen molar-refractivity contribution < 1.29 is 19.1 Å². The summed E-state index contributed by atoms with van der Waals surface area (Å²) in [5.41, 5.74) is 2.31. The van der Waals surface area contributed by atoms with Crippen LogP contribution in [0.15, 0.2) is 46.9 Å². The molecule has 0 atom stereocenters. The van der Waals surface area contributed by atoms with Crippen molar-refractivity contribution in [2.24, 2.45) is 0 Å². The third kappa shape index (κ3) is 4.74. The Labute approximate surface area is 189 Å². The Bertz CT molecular complexity index is 1030. The van der Waals surface area contributed by atoms with Gasteiger partial charge >= 0.3 is 0 Å². The van der Waals surface area contributed by atoms with Crippen LogP contribution < -0.4 is 9.64 Å². The topological polar surface area (TPSA) is 70.2 Å². The number of amides is 3. The molecule has 0 spiro atoms. The first-order valence-electron chi connectivity index (χ1n) is 10.3. The molecule has 2 aliphatic heterocycles. The summed E-state index contributed by atoms with van der Waals surface area (Å²) in [5, 5.41) is 0. The molecule has 7 nitrogen and oxygen atoms in total. The van der Waals surface area contributed by atoms with Gasteiger partial charge in [-0.3, -0.25) is 19.3 Å². The van der Waals surface area contributed by atoms with Gasteiger partial charge in [0.05, 0.1) is 5.69 Å². The number of rotatable bonds is 3. The Hall–Kier alpha value is -2.87. The standard InChI is InChI=1S/C23H24BrN3O4/c1-16-4-2-5-17(12-16)23(30)26-9-3-8-25(10-11-26)21(28)14-27-19-7-6-18(24)13-20(19)31-15-22(27)29/h2,4-7,12-13H,3,8-11,14-15H2,1H3. The van der Waals surface area contributed by atoms with E-state index in [1.165, 1.54) is 4.90 Å². The molecule has 4 rings (SSSR count). The smallest absolute Gasteiger partial charge is 0.265 e. The minimum atomic E-state index is -0.241. The number of carbonyl (C=O) groups excluding carboxylic acids is 3. The van der Waals surface area contributed by atoms with Crippen LogP contribution in [-0.4, -0.2) is 66.9 Å². The Balaban J connectivity index is 1.41. The van der Waals surface area contributed by atoms with Crippen molar-refractivity contribution in [3.8, 4) is 5.75 Å². The van der Waals surface area contributed by atoms with Gasteiger partial charge in [0, 0.05) is 36.2 Å². The van der Waals surface area contributed by atoms with E-state index in [0.717, 1.165) is 10.0 Å². The van der Waals surface area contributed by atoms with Crippen molar-refractivity contribution >= 4 is 39.3 Å². The highest BCUT2D eigenvalue weighted by atomic mass is 79.9. The minimum Gasteiger partial charge on any atom is -0.482 e. The molecule has 2 aromatic rings. The number of anilines is 1. The lowest BCUT2D eigenvalue weighted by Crippen LogP contribution is -2.47. The Kier molecular flexibility index (Phi) is 6.27. The normalized spacial score (nSPS) is 16.5.